The van der Waals surface area contributed by atoms with Crippen LogP contribution in [0.3, 0.4) is 0 Å². The normalized spacial score (nSPS) is 20.1. The van der Waals surface area contributed by atoms with E-state index in [9.17, 15) is 14.9 Å². The predicted octanol–water partition coefficient (Wildman–Crippen LogP) is 1.99. The first-order chi connectivity index (χ1) is 11.7. The van der Waals surface area contributed by atoms with E-state index in [-0.39, 0.29) is 23.1 Å². The van der Waals surface area contributed by atoms with Crippen LogP contribution in [0.2, 0.25) is 0 Å². The molecule has 25 heavy (non-hydrogen) atoms. The van der Waals surface area contributed by atoms with Crippen LogP contribution in [0.15, 0.2) is 18.2 Å². The van der Waals surface area contributed by atoms with Crippen molar-refractivity contribution in [2.45, 2.75) is 32.7 Å². The molecule has 0 aliphatic carbocycles. The third kappa shape index (κ3) is 4.90. The molecule has 3 N–H and O–H groups in total. The summed E-state index contributed by atoms with van der Waals surface area (Å²) in [5, 5.41) is 13.6. The molecular weight excluding hydrogens is 324 g/mol. The zero-order chi connectivity index (χ0) is 18.6. The molecular formula is C17H26N4O4. The van der Waals surface area contributed by atoms with Crippen molar-refractivity contribution < 1.29 is 14.5 Å². The minimum Gasteiger partial charge on any atom is -0.495 e. The molecule has 1 aliphatic rings. The van der Waals surface area contributed by atoms with Crippen LogP contribution in [0.1, 0.15) is 26.7 Å². The summed E-state index contributed by atoms with van der Waals surface area (Å²) in [5.74, 6) is 0.190. The molecule has 0 saturated carbocycles. The average molecular weight is 350 g/mol. The summed E-state index contributed by atoms with van der Waals surface area (Å²) in [6.45, 7) is 6.62. The summed E-state index contributed by atoms with van der Waals surface area (Å²) < 4.78 is 5.15. The SMILES string of the molecule is COc1ccc([N+](=O)[O-])cc1NC(=O)CCN1CCC(N)C(C)(C)C1. The van der Waals surface area contributed by atoms with Gasteiger partial charge in [0.15, 0.2) is 0 Å². The van der Waals surface area contributed by atoms with E-state index < -0.39 is 4.92 Å². The van der Waals surface area contributed by atoms with Gasteiger partial charge in [-0.2, -0.15) is 0 Å². The molecule has 2 rings (SSSR count). The third-order valence-corrected chi connectivity index (χ3v) is 4.71. The fourth-order valence-electron chi connectivity index (χ4n) is 3.06. The monoisotopic (exact) mass is 350 g/mol. The lowest BCUT2D eigenvalue weighted by molar-refractivity contribution is -0.384. The maximum atomic E-state index is 12.2. The van der Waals surface area contributed by atoms with E-state index in [2.05, 4.69) is 24.1 Å². The molecule has 0 bridgehead atoms. The van der Waals surface area contributed by atoms with E-state index >= 15 is 0 Å². The lowest BCUT2D eigenvalue weighted by Gasteiger charge is -2.42. The van der Waals surface area contributed by atoms with Crippen LogP contribution in [0.25, 0.3) is 0 Å². The Labute approximate surface area is 147 Å². The molecule has 1 saturated heterocycles. The van der Waals surface area contributed by atoms with Gasteiger partial charge in [0.2, 0.25) is 5.91 Å². The van der Waals surface area contributed by atoms with Crippen LogP contribution in [0.4, 0.5) is 11.4 Å². The lowest BCUT2D eigenvalue weighted by Crippen LogP contribution is -2.52. The van der Waals surface area contributed by atoms with Crippen LogP contribution in [0, 0.1) is 15.5 Å². The molecule has 1 heterocycles. The van der Waals surface area contributed by atoms with Crippen molar-refractivity contribution in [3.05, 3.63) is 28.3 Å². The summed E-state index contributed by atoms with van der Waals surface area (Å²) in [6.07, 6.45) is 1.21. The zero-order valence-corrected chi connectivity index (χ0v) is 14.9. The van der Waals surface area contributed by atoms with Crippen LogP contribution in [-0.2, 0) is 4.79 Å². The number of carbonyl (C=O) groups is 1. The number of nitro benzene ring substituents is 1. The Bertz CT molecular complexity index is 648. The number of piperidine rings is 1. The smallest absolute Gasteiger partial charge is 0.271 e. The molecule has 0 radical (unpaired) electrons. The number of hydrogen-bond acceptors (Lipinski definition) is 6. The number of anilines is 1. The van der Waals surface area contributed by atoms with Crippen LogP contribution in [0.5, 0.6) is 5.75 Å². The molecule has 0 aromatic heterocycles. The molecule has 8 nitrogen and oxygen atoms in total. The highest BCUT2D eigenvalue weighted by atomic mass is 16.6. The van der Waals surface area contributed by atoms with Gasteiger partial charge in [-0.25, -0.2) is 0 Å². The number of likely N-dealkylation sites (tertiary alicyclic amines) is 1. The minimum absolute atomic E-state index is 0.0258. The molecule has 1 aromatic carbocycles. The van der Waals surface area contributed by atoms with Gasteiger partial charge in [0.25, 0.3) is 5.69 Å². The first kappa shape index (κ1) is 19.1. The number of nitro groups is 1. The van der Waals surface area contributed by atoms with Crippen molar-refractivity contribution >= 4 is 17.3 Å². The van der Waals surface area contributed by atoms with Gasteiger partial charge < -0.3 is 20.7 Å². The van der Waals surface area contributed by atoms with E-state index in [0.29, 0.717) is 24.4 Å². The lowest BCUT2D eigenvalue weighted by atomic mass is 9.80. The predicted molar refractivity (Wildman–Crippen MR) is 95.7 cm³/mol. The number of nitrogens with two attached hydrogens (primary N) is 1. The summed E-state index contributed by atoms with van der Waals surface area (Å²) in [7, 11) is 1.45. The van der Waals surface area contributed by atoms with E-state index in [1.54, 1.807) is 0 Å². The quantitative estimate of drug-likeness (QED) is 0.599. The fraction of sp³-hybridized carbons (Fsp3) is 0.588. The fourth-order valence-corrected chi connectivity index (χ4v) is 3.06. The Morgan fingerprint density at radius 3 is 2.84 bits per heavy atom. The second kappa shape index (κ2) is 7.79. The van der Waals surface area contributed by atoms with Gasteiger partial charge in [0, 0.05) is 37.7 Å². The van der Waals surface area contributed by atoms with Crippen molar-refractivity contribution in [1.29, 1.82) is 0 Å². The molecule has 138 valence electrons. The van der Waals surface area contributed by atoms with Gasteiger partial charge in [-0.3, -0.25) is 14.9 Å². The highest BCUT2D eigenvalue weighted by molar-refractivity contribution is 5.92. The number of non-ortho nitro benzene ring substituents is 1. The second-order valence-electron chi connectivity index (χ2n) is 7.10. The van der Waals surface area contributed by atoms with Gasteiger partial charge in [0.1, 0.15) is 5.75 Å². The van der Waals surface area contributed by atoms with Crippen molar-refractivity contribution in [3.63, 3.8) is 0 Å². The topological polar surface area (TPSA) is 111 Å². The Kier molecular flexibility index (Phi) is 5.97. The highest BCUT2D eigenvalue weighted by Gasteiger charge is 2.33. The molecule has 1 fully saturated rings. The number of nitrogens with one attached hydrogen (secondary N) is 1. The van der Waals surface area contributed by atoms with Gasteiger partial charge in [-0.05, 0) is 24.4 Å². The second-order valence-corrected chi connectivity index (χ2v) is 7.10. The van der Waals surface area contributed by atoms with Gasteiger partial charge in [-0.1, -0.05) is 13.8 Å². The van der Waals surface area contributed by atoms with Crippen LogP contribution in [-0.4, -0.2) is 48.5 Å². The standard InChI is InChI=1S/C17H26N4O4/c1-17(2)11-20(8-6-15(17)18)9-7-16(22)19-13-10-12(21(23)24)4-5-14(13)25-3/h4-5,10,15H,6-9,11,18H2,1-3H3,(H,19,22). The maximum absolute atomic E-state index is 12.2. The molecule has 1 unspecified atom stereocenters. The molecule has 1 amide bonds. The van der Waals surface area contributed by atoms with Crippen molar-refractivity contribution in [2.75, 3.05) is 32.1 Å². The Morgan fingerprint density at radius 1 is 1.52 bits per heavy atom. The Morgan fingerprint density at radius 2 is 2.24 bits per heavy atom. The van der Waals surface area contributed by atoms with E-state index in [1.165, 1.54) is 25.3 Å². The first-order valence-electron chi connectivity index (χ1n) is 8.33. The van der Waals surface area contributed by atoms with Crippen molar-refractivity contribution in [3.8, 4) is 5.75 Å². The number of nitrogens with zero attached hydrogens (tertiary/aromatic N) is 2. The van der Waals surface area contributed by atoms with Crippen molar-refractivity contribution in [2.24, 2.45) is 11.1 Å². The number of carbonyl (C=O) groups excluding carboxylic acids is 1. The number of amides is 1. The molecule has 1 aliphatic heterocycles. The number of ether oxygens (including phenoxy) is 1. The molecule has 1 aromatic rings. The minimum atomic E-state index is -0.506. The van der Waals surface area contributed by atoms with Gasteiger partial charge in [0.05, 0.1) is 17.7 Å². The summed E-state index contributed by atoms with van der Waals surface area (Å²) >= 11 is 0. The van der Waals surface area contributed by atoms with E-state index in [0.717, 1.165) is 19.5 Å². The van der Waals surface area contributed by atoms with E-state index in [1.807, 2.05) is 0 Å². The summed E-state index contributed by atoms with van der Waals surface area (Å²) in [5.41, 5.74) is 6.37. The number of rotatable bonds is 6. The third-order valence-electron chi connectivity index (χ3n) is 4.71. The van der Waals surface area contributed by atoms with Crippen molar-refractivity contribution in [1.82, 2.24) is 4.90 Å². The Hall–Kier alpha value is -2.19. The molecule has 1 atom stereocenters. The Balaban J connectivity index is 1.94. The number of hydrogen-bond donors (Lipinski definition) is 2. The number of methoxy groups -OCH3 is 1. The average Bonchev–Trinajstić information content (AvgIpc) is 2.55. The largest absolute Gasteiger partial charge is 0.495 e. The van der Waals surface area contributed by atoms with Crippen LogP contribution >= 0.6 is 0 Å². The maximum Gasteiger partial charge on any atom is 0.271 e. The highest BCUT2D eigenvalue weighted by Crippen LogP contribution is 2.30. The number of benzene rings is 1. The summed E-state index contributed by atoms with van der Waals surface area (Å²) in [6, 6.07) is 4.29. The van der Waals surface area contributed by atoms with Gasteiger partial charge in [-0.15, -0.1) is 0 Å². The first-order valence-corrected chi connectivity index (χ1v) is 8.33. The molecule has 8 heteroatoms. The van der Waals surface area contributed by atoms with Crippen LogP contribution < -0.4 is 15.8 Å². The van der Waals surface area contributed by atoms with Gasteiger partial charge >= 0.3 is 0 Å². The zero-order valence-electron chi connectivity index (χ0n) is 14.9. The summed E-state index contributed by atoms with van der Waals surface area (Å²) in [4.78, 5) is 24.9. The van der Waals surface area contributed by atoms with E-state index in [4.69, 9.17) is 10.5 Å². The molecule has 0 spiro atoms.